The Kier molecular flexibility index (Phi) is 4.68. The zero-order valence-electron chi connectivity index (χ0n) is 12.9. The van der Waals surface area contributed by atoms with Gasteiger partial charge in [0.05, 0.1) is 11.5 Å². The molecule has 0 bridgehead atoms. The molecule has 2 aromatic rings. The maximum Gasteiger partial charge on any atom is 0.306 e. The van der Waals surface area contributed by atoms with Crippen molar-refractivity contribution in [3.63, 3.8) is 0 Å². The first-order valence-corrected chi connectivity index (χ1v) is 7.81. The molecular formula is C16H21N5O2. The summed E-state index contributed by atoms with van der Waals surface area (Å²) in [6.07, 6.45) is 2.77. The van der Waals surface area contributed by atoms with Gasteiger partial charge in [0.15, 0.2) is 0 Å². The van der Waals surface area contributed by atoms with Gasteiger partial charge < -0.3 is 10.6 Å². The largest absolute Gasteiger partial charge is 0.330 e. The molecule has 1 aliphatic rings. The normalized spacial score (nSPS) is 21.6. The van der Waals surface area contributed by atoms with E-state index in [9.17, 15) is 10.1 Å². The summed E-state index contributed by atoms with van der Waals surface area (Å²) in [6.45, 7) is 4.06. The fraction of sp³-hybridized carbons (Fsp3) is 0.438. The molecule has 2 heterocycles. The van der Waals surface area contributed by atoms with Crippen LogP contribution in [0.2, 0.25) is 0 Å². The highest BCUT2D eigenvalue weighted by molar-refractivity contribution is 5.23. The Bertz CT molecular complexity index is 658. The second-order valence-corrected chi connectivity index (χ2v) is 5.99. The van der Waals surface area contributed by atoms with Crippen molar-refractivity contribution in [3.8, 4) is 0 Å². The van der Waals surface area contributed by atoms with E-state index in [4.69, 9.17) is 5.73 Å². The predicted molar refractivity (Wildman–Crippen MR) is 87.0 cm³/mol. The van der Waals surface area contributed by atoms with Gasteiger partial charge in [0.1, 0.15) is 12.4 Å². The molecule has 1 saturated heterocycles. The Balaban J connectivity index is 1.60. The summed E-state index contributed by atoms with van der Waals surface area (Å²) in [5.41, 5.74) is 7.32. The summed E-state index contributed by atoms with van der Waals surface area (Å²) in [5, 5.41) is 14.7. The first kappa shape index (κ1) is 15.6. The van der Waals surface area contributed by atoms with Gasteiger partial charge in [-0.05, 0) is 18.0 Å². The molecule has 1 aromatic heterocycles. The Labute approximate surface area is 134 Å². The molecule has 1 aromatic carbocycles. The lowest BCUT2D eigenvalue weighted by molar-refractivity contribution is -0.385. The summed E-state index contributed by atoms with van der Waals surface area (Å²) >= 11 is 0. The zero-order chi connectivity index (χ0) is 16.2. The van der Waals surface area contributed by atoms with Crippen molar-refractivity contribution < 1.29 is 4.92 Å². The first-order valence-electron chi connectivity index (χ1n) is 7.81. The smallest absolute Gasteiger partial charge is 0.306 e. The van der Waals surface area contributed by atoms with Crippen molar-refractivity contribution in [2.75, 3.05) is 26.2 Å². The highest BCUT2D eigenvalue weighted by atomic mass is 16.6. The molecule has 2 N–H and O–H groups in total. The standard InChI is InChI=1S/C16H21N5O2/c17-8-14-10-19(12-16(14)13-4-2-1-3-5-13)6-7-20-11-15(9-18-20)21(22)23/h1-5,9,11,14,16H,6-8,10,12,17H2/t14-,16+/m1/s1. The summed E-state index contributed by atoms with van der Waals surface area (Å²) in [6, 6.07) is 10.5. The molecule has 2 atom stereocenters. The second kappa shape index (κ2) is 6.89. The molecule has 1 aliphatic heterocycles. The molecule has 0 radical (unpaired) electrons. The number of hydrogen-bond donors (Lipinski definition) is 1. The monoisotopic (exact) mass is 315 g/mol. The number of rotatable bonds is 6. The molecule has 7 heteroatoms. The van der Waals surface area contributed by atoms with Crippen LogP contribution in [-0.2, 0) is 6.54 Å². The van der Waals surface area contributed by atoms with Crippen LogP contribution < -0.4 is 5.73 Å². The van der Waals surface area contributed by atoms with Gasteiger partial charge in [0.25, 0.3) is 0 Å². The zero-order valence-corrected chi connectivity index (χ0v) is 12.9. The molecule has 0 saturated carbocycles. The lowest BCUT2D eigenvalue weighted by Crippen LogP contribution is -2.26. The van der Waals surface area contributed by atoms with Crippen molar-refractivity contribution in [2.45, 2.75) is 12.5 Å². The molecule has 0 spiro atoms. The quantitative estimate of drug-likeness (QED) is 0.644. The third-order valence-corrected chi connectivity index (χ3v) is 4.52. The maximum absolute atomic E-state index is 10.7. The van der Waals surface area contributed by atoms with Crippen molar-refractivity contribution in [2.24, 2.45) is 11.7 Å². The van der Waals surface area contributed by atoms with Gasteiger partial charge >= 0.3 is 5.69 Å². The summed E-state index contributed by atoms with van der Waals surface area (Å²) in [4.78, 5) is 12.6. The molecule has 23 heavy (non-hydrogen) atoms. The van der Waals surface area contributed by atoms with E-state index in [1.807, 2.05) is 6.07 Å². The Morgan fingerprint density at radius 2 is 2.04 bits per heavy atom. The van der Waals surface area contributed by atoms with Crippen LogP contribution in [0.15, 0.2) is 42.7 Å². The Hall–Kier alpha value is -2.25. The van der Waals surface area contributed by atoms with Gasteiger partial charge in [-0.3, -0.25) is 14.8 Å². The maximum atomic E-state index is 10.7. The minimum Gasteiger partial charge on any atom is -0.330 e. The van der Waals surface area contributed by atoms with E-state index in [1.54, 1.807) is 4.68 Å². The summed E-state index contributed by atoms with van der Waals surface area (Å²) in [7, 11) is 0. The lowest BCUT2D eigenvalue weighted by atomic mass is 9.89. The van der Waals surface area contributed by atoms with Crippen LogP contribution in [0.5, 0.6) is 0 Å². The van der Waals surface area contributed by atoms with Crippen LogP contribution >= 0.6 is 0 Å². The number of likely N-dealkylation sites (tertiary alicyclic amines) is 1. The molecule has 0 aliphatic carbocycles. The molecule has 0 unspecified atom stereocenters. The number of nitrogens with two attached hydrogens (primary N) is 1. The topological polar surface area (TPSA) is 90.2 Å². The van der Waals surface area contributed by atoms with Crippen LogP contribution in [0.4, 0.5) is 5.69 Å². The van der Waals surface area contributed by atoms with Crippen LogP contribution in [0.3, 0.4) is 0 Å². The number of nitro groups is 1. The molecule has 3 rings (SSSR count). The average molecular weight is 315 g/mol. The molecule has 0 amide bonds. The van der Waals surface area contributed by atoms with Gasteiger partial charge in [0.2, 0.25) is 0 Å². The van der Waals surface area contributed by atoms with E-state index in [1.165, 1.54) is 18.0 Å². The van der Waals surface area contributed by atoms with E-state index in [0.717, 1.165) is 19.6 Å². The fourth-order valence-corrected chi connectivity index (χ4v) is 3.27. The molecule has 7 nitrogen and oxygen atoms in total. The minimum atomic E-state index is -0.421. The fourth-order valence-electron chi connectivity index (χ4n) is 3.27. The third kappa shape index (κ3) is 3.57. The highest BCUT2D eigenvalue weighted by Crippen LogP contribution is 2.31. The lowest BCUT2D eigenvalue weighted by Gasteiger charge is -2.16. The van der Waals surface area contributed by atoms with Crippen molar-refractivity contribution in [1.82, 2.24) is 14.7 Å². The van der Waals surface area contributed by atoms with Crippen LogP contribution in [0.1, 0.15) is 11.5 Å². The van der Waals surface area contributed by atoms with E-state index >= 15 is 0 Å². The van der Waals surface area contributed by atoms with Gasteiger partial charge in [-0.15, -0.1) is 0 Å². The van der Waals surface area contributed by atoms with Gasteiger partial charge in [-0.1, -0.05) is 30.3 Å². The SMILES string of the molecule is NC[C@@H]1CN(CCn2cc([N+](=O)[O-])cn2)C[C@H]1c1ccccc1. The number of hydrogen-bond acceptors (Lipinski definition) is 5. The molecule has 122 valence electrons. The van der Waals surface area contributed by atoms with Crippen molar-refractivity contribution >= 4 is 5.69 Å². The van der Waals surface area contributed by atoms with Crippen molar-refractivity contribution in [3.05, 3.63) is 58.4 Å². The Morgan fingerprint density at radius 1 is 1.26 bits per heavy atom. The number of benzene rings is 1. The van der Waals surface area contributed by atoms with E-state index in [2.05, 4.69) is 34.3 Å². The summed E-state index contributed by atoms with van der Waals surface area (Å²) in [5.74, 6) is 0.900. The first-order chi connectivity index (χ1) is 11.2. The minimum absolute atomic E-state index is 0.0356. The third-order valence-electron chi connectivity index (χ3n) is 4.52. The van der Waals surface area contributed by atoms with Crippen LogP contribution in [0, 0.1) is 16.0 Å². The highest BCUT2D eigenvalue weighted by Gasteiger charge is 2.32. The predicted octanol–water partition coefficient (Wildman–Crippen LogP) is 1.47. The van der Waals surface area contributed by atoms with E-state index < -0.39 is 4.92 Å². The van der Waals surface area contributed by atoms with Gasteiger partial charge in [-0.2, -0.15) is 5.10 Å². The summed E-state index contributed by atoms with van der Waals surface area (Å²) < 4.78 is 1.63. The van der Waals surface area contributed by atoms with E-state index in [-0.39, 0.29) is 5.69 Å². The van der Waals surface area contributed by atoms with E-state index in [0.29, 0.717) is 24.9 Å². The van der Waals surface area contributed by atoms with Crippen LogP contribution in [0.25, 0.3) is 0 Å². The van der Waals surface area contributed by atoms with Gasteiger partial charge in [0, 0.05) is 25.6 Å². The number of nitrogens with zero attached hydrogens (tertiary/aromatic N) is 4. The van der Waals surface area contributed by atoms with Crippen LogP contribution in [-0.4, -0.2) is 45.8 Å². The Morgan fingerprint density at radius 3 is 2.70 bits per heavy atom. The average Bonchev–Trinajstić information content (AvgIpc) is 3.20. The molecular weight excluding hydrogens is 294 g/mol. The van der Waals surface area contributed by atoms with Gasteiger partial charge in [-0.25, -0.2) is 0 Å². The van der Waals surface area contributed by atoms with Crippen molar-refractivity contribution in [1.29, 1.82) is 0 Å². The second-order valence-electron chi connectivity index (χ2n) is 5.99. The molecule has 1 fully saturated rings. The number of aromatic nitrogens is 2.